The average molecular weight is 424 g/mol. The molecule has 1 aliphatic rings. The first-order valence-electron chi connectivity index (χ1n) is 9.91. The maximum atomic E-state index is 12.2. The Morgan fingerprint density at radius 2 is 1.87 bits per heavy atom. The molecule has 0 aliphatic carbocycles. The lowest BCUT2D eigenvalue weighted by Gasteiger charge is -2.06. The molecule has 1 amide bonds. The largest absolute Gasteiger partial charge is 0.462 e. The topological polar surface area (TPSA) is 80.1 Å². The van der Waals surface area contributed by atoms with E-state index in [1.54, 1.807) is 25.3 Å². The third-order valence-corrected chi connectivity index (χ3v) is 5.69. The minimum absolute atomic E-state index is 0.0929. The predicted octanol–water partition coefficient (Wildman–Crippen LogP) is 4.15. The van der Waals surface area contributed by atoms with Crippen LogP contribution in [0.15, 0.2) is 58.7 Å². The van der Waals surface area contributed by atoms with Gasteiger partial charge in [-0.25, -0.2) is 4.79 Å². The van der Waals surface area contributed by atoms with Crippen molar-refractivity contribution in [1.29, 1.82) is 0 Å². The van der Waals surface area contributed by atoms with Gasteiger partial charge in [-0.2, -0.15) is 5.10 Å². The number of ether oxygens (including phenoxy) is 1. The molecule has 1 fully saturated rings. The van der Waals surface area contributed by atoms with Gasteiger partial charge in [0.05, 0.1) is 23.6 Å². The molecule has 0 saturated carbocycles. The SMILES string of the molecule is CCOC(=O)c1ccc(CC2S/C(=N/N=C/c3ccc(C(C)C)cc3)NC2=O)cc1. The van der Waals surface area contributed by atoms with E-state index in [9.17, 15) is 9.59 Å². The van der Waals surface area contributed by atoms with Gasteiger partial charge in [0.25, 0.3) is 0 Å². The monoisotopic (exact) mass is 423 g/mol. The zero-order valence-corrected chi connectivity index (χ0v) is 18.1. The number of amidine groups is 1. The summed E-state index contributed by atoms with van der Waals surface area (Å²) in [6.07, 6.45) is 2.21. The normalized spacial score (nSPS) is 17.7. The van der Waals surface area contributed by atoms with E-state index < -0.39 is 0 Å². The molecule has 1 unspecified atom stereocenters. The van der Waals surface area contributed by atoms with Crippen LogP contribution in [0.3, 0.4) is 0 Å². The van der Waals surface area contributed by atoms with E-state index in [-0.39, 0.29) is 17.1 Å². The van der Waals surface area contributed by atoms with Crippen LogP contribution in [-0.2, 0) is 16.0 Å². The van der Waals surface area contributed by atoms with Crippen molar-refractivity contribution in [3.8, 4) is 0 Å². The lowest BCUT2D eigenvalue weighted by molar-refractivity contribution is -0.118. The van der Waals surface area contributed by atoms with E-state index >= 15 is 0 Å². The molecule has 2 aromatic rings. The Labute approximate surface area is 180 Å². The van der Waals surface area contributed by atoms with Crippen LogP contribution < -0.4 is 5.32 Å². The van der Waals surface area contributed by atoms with Gasteiger partial charge >= 0.3 is 5.97 Å². The molecular formula is C23H25N3O3S. The maximum Gasteiger partial charge on any atom is 0.338 e. The molecule has 1 N–H and O–H groups in total. The molecule has 30 heavy (non-hydrogen) atoms. The van der Waals surface area contributed by atoms with Gasteiger partial charge in [0, 0.05) is 0 Å². The smallest absolute Gasteiger partial charge is 0.338 e. The van der Waals surface area contributed by atoms with Crippen LogP contribution >= 0.6 is 11.8 Å². The van der Waals surface area contributed by atoms with Gasteiger partial charge in [-0.3, -0.25) is 4.79 Å². The Morgan fingerprint density at radius 1 is 1.17 bits per heavy atom. The van der Waals surface area contributed by atoms with Crippen LogP contribution in [0.1, 0.15) is 53.7 Å². The molecule has 1 aliphatic heterocycles. The Morgan fingerprint density at radius 3 is 2.50 bits per heavy atom. The van der Waals surface area contributed by atoms with Crippen LogP contribution in [-0.4, -0.2) is 35.1 Å². The first-order chi connectivity index (χ1) is 14.5. The van der Waals surface area contributed by atoms with Gasteiger partial charge in [-0.1, -0.05) is 62.0 Å². The van der Waals surface area contributed by atoms with E-state index in [0.717, 1.165) is 11.1 Å². The number of nitrogens with one attached hydrogen (secondary N) is 1. The van der Waals surface area contributed by atoms with Crippen LogP contribution in [0.5, 0.6) is 0 Å². The number of benzene rings is 2. The number of thioether (sulfide) groups is 1. The number of nitrogens with zero attached hydrogens (tertiary/aromatic N) is 2. The fraction of sp³-hybridized carbons (Fsp3) is 0.304. The van der Waals surface area contributed by atoms with Crippen molar-refractivity contribution in [3.05, 3.63) is 70.8 Å². The van der Waals surface area contributed by atoms with Crippen molar-refractivity contribution < 1.29 is 14.3 Å². The summed E-state index contributed by atoms with van der Waals surface area (Å²) in [7, 11) is 0. The molecule has 0 radical (unpaired) electrons. The fourth-order valence-corrected chi connectivity index (χ4v) is 3.87. The van der Waals surface area contributed by atoms with E-state index in [1.807, 2.05) is 24.3 Å². The van der Waals surface area contributed by atoms with Crippen molar-refractivity contribution in [2.45, 2.75) is 38.4 Å². The highest BCUT2D eigenvalue weighted by atomic mass is 32.2. The molecule has 6 nitrogen and oxygen atoms in total. The minimum Gasteiger partial charge on any atom is -0.462 e. The molecule has 0 spiro atoms. The highest BCUT2D eigenvalue weighted by molar-refractivity contribution is 8.15. The van der Waals surface area contributed by atoms with Crippen LogP contribution in [0.4, 0.5) is 0 Å². The molecular weight excluding hydrogens is 398 g/mol. The van der Waals surface area contributed by atoms with Gasteiger partial charge in [0.15, 0.2) is 5.17 Å². The van der Waals surface area contributed by atoms with Crippen LogP contribution in [0.25, 0.3) is 0 Å². The Hall–Kier alpha value is -2.93. The fourth-order valence-electron chi connectivity index (χ4n) is 2.91. The molecule has 1 atom stereocenters. The maximum absolute atomic E-state index is 12.2. The second-order valence-corrected chi connectivity index (χ2v) is 8.38. The summed E-state index contributed by atoms with van der Waals surface area (Å²) >= 11 is 1.36. The minimum atomic E-state index is -0.344. The number of hydrogen-bond donors (Lipinski definition) is 1. The van der Waals surface area contributed by atoms with E-state index in [2.05, 4.69) is 41.5 Å². The summed E-state index contributed by atoms with van der Waals surface area (Å²) in [5, 5.41) is 11.2. The predicted molar refractivity (Wildman–Crippen MR) is 121 cm³/mol. The molecule has 2 aromatic carbocycles. The quantitative estimate of drug-likeness (QED) is 0.412. The summed E-state index contributed by atoms with van der Waals surface area (Å²) in [5.74, 6) is 0.0486. The molecule has 156 valence electrons. The molecule has 1 saturated heterocycles. The van der Waals surface area contributed by atoms with E-state index in [0.29, 0.717) is 29.7 Å². The number of hydrogen-bond acceptors (Lipinski definition) is 6. The summed E-state index contributed by atoms with van der Waals surface area (Å²) in [4.78, 5) is 24.0. The van der Waals surface area contributed by atoms with Crippen molar-refractivity contribution in [1.82, 2.24) is 5.32 Å². The summed E-state index contributed by atoms with van der Waals surface area (Å²) < 4.78 is 4.98. The molecule has 0 bridgehead atoms. The van der Waals surface area contributed by atoms with Gasteiger partial charge in [0.2, 0.25) is 5.91 Å². The van der Waals surface area contributed by atoms with Gasteiger partial charge in [-0.15, -0.1) is 5.10 Å². The van der Waals surface area contributed by atoms with Crippen LogP contribution in [0.2, 0.25) is 0 Å². The van der Waals surface area contributed by atoms with Crippen molar-refractivity contribution in [3.63, 3.8) is 0 Å². The first-order valence-corrected chi connectivity index (χ1v) is 10.8. The van der Waals surface area contributed by atoms with Crippen molar-refractivity contribution >= 4 is 35.0 Å². The molecule has 1 heterocycles. The number of esters is 1. The van der Waals surface area contributed by atoms with Crippen molar-refractivity contribution in [2.75, 3.05) is 6.61 Å². The van der Waals surface area contributed by atoms with Gasteiger partial charge < -0.3 is 10.1 Å². The standard InChI is InChI=1S/C23H25N3O3S/c1-4-29-22(28)19-11-5-16(6-12-19)13-20-21(27)25-23(30-20)26-24-14-17-7-9-18(10-8-17)15(2)3/h5-12,14-15,20H,4,13H2,1-3H3,(H,25,26,27)/b24-14+. The Bertz CT molecular complexity index is 951. The number of carbonyl (C=O) groups is 2. The first kappa shape index (κ1) is 21.8. The van der Waals surface area contributed by atoms with Gasteiger partial charge in [0.1, 0.15) is 0 Å². The lowest BCUT2D eigenvalue weighted by atomic mass is 10.0. The number of carbonyl (C=O) groups excluding carboxylic acids is 2. The summed E-state index contributed by atoms with van der Waals surface area (Å²) in [6, 6.07) is 15.3. The van der Waals surface area contributed by atoms with Crippen LogP contribution in [0, 0.1) is 0 Å². The Balaban J connectivity index is 1.57. The second kappa shape index (κ2) is 10.2. The number of amides is 1. The third-order valence-electron chi connectivity index (χ3n) is 4.62. The summed E-state index contributed by atoms with van der Waals surface area (Å²) in [5.41, 5.74) is 3.69. The number of rotatable bonds is 7. The molecule has 0 aromatic heterocycles. The molecule has 3 rings (SSSR count). The van der Waals surface area contributed by atoms with E-state index in [1.165, 1.54) is 17.3 Å². The highest BCUT2D eigenvalue weighted by Gasteiger charge is 2.30. The van der Waals surface area contributed by atoms with Gasteiger partial charge in [-0.05, 0) is 48.1 Å². The molecule has 7 heteroatoms. The highest BCUT2D eigenvalue weighted by Crippen LogP contribution is 2.23. The lowest BCUT2D eigenvalue weighted by Crippen LogP contribution is -2.25. The van der Waals surface area contributed by atoms with E-state index in [4.69, 9.17) is 4.74 Å². The second-order valence-electron chi connectivity index (χ2n) is 7.19. The summed E-state index contributed by atoms with van der Waals surface area (Å²) in [6.45, 7) is 6.42. The zero-order valence-electron chi connectivity index (χ0n) is 17.3. The Kier molecular flexibility index (Phi) is 7.41. The average Bonchev–Trinajstić information content (AvgIpc) is 3.08. The van der Waals surface area contributed by atoms with Crippen molar-refractivity contribution in [2.24, 2.45) is 10.2 Å². The zero-order chi connectivity index (χ0) is 21.5. The third kappa shape index (κ3) is 5.79.